The fraction of sp³-hybridized carbons (Fsp3) is 0.688. The Balaban J connectivity index is 2.33. The third kappa shape index (κ3) is 6.81. The number of likely N-dealkylation sites (N-methyl/N-ethyl adjacent to an activating group) is 1. The van der Waals surface area contributed by atoms with Gasteiger partial charge in [-0.3, -0.25) is 4.79 Å². The molecule has 0 aliphatic carbocycles. The minimum atomic E-state index is -4.17. The van der Waals surface area contributed by atoms with Crippen LogP contribution in [0.25, 0.3) is 0 Å². The lowest BCUT2D eigenvalue weighted by molar-refractivity contribution is -0.758. The summed E-state index contributed by atoms with van der Waals surface area (Å²) >= 11 is 0.539. The smallest absolute Gasteiger partial charge is 0.294 e. The Morgan fingerprint density at radius 2 is 2.09 bits per heavy atom. The number of primary sulfonamides is 1. The molecule has 1 aliphatic heterocycles. The Kier molecular flexibility index (Phi) is 9.53. The first-order chi connectivity index (χ1) is 15.4. The van der Waals surface area contributed by atoms with E-state index in [4.69, 9.17) is 14.6 Å². The van der Waals surface area contributed by atoms with Crippen LogP contribution in [0.15, 0.2) is 14.5 Å². The monoisotopic (exact) mass is 530 g/mol. The molecule has 2 heterocycles. The zero-order valence-corrected chi connectivity index (χ0v) is 20.5. The van der Waals surface area contributed by atoms with Gasteiger partial charge in [0.15, 0.2) is 0 Å². The van der Waals surface area contributed by atoms with Crippen LogP contribution < -0.4 is 5.14 Å². The third-order valence-electron chi connectivity index (χ3n) is 4.74. The molecule has 1 amide bonds. The van der Waals surface area contributed by atoms with Crippen LogP contribution in [0.4, 0.5) is 0 Å². The van der Waals surface area contributed by atoms with Crippen LogP contribution in [0.1, 0.15) is 24.9 Å². The predicted molar refractivity (Wildman–Crippen MR) is 115 cm³/mol. The van der Waals surface area contributed by atoms with Crippen molar-refractivity contribution in [1.82, 2.24) is 9.21 Å². The number of sulfonamides is 2. The molecule has 0 bridgehead atoms. The van der Waals surface area contributed by atoms with Gasteiger partial charge in [-0.05, 0) is 19.4 Å². The van der Waals surface area contributed by atoms with E-state index in [2.05, 4.69) is 4.84 Å². The van der Waals surface area contributed by atoms with Gasteiger partial charge in [0.25, 0.3) is 15.1 Å². The molecule has 0 radical (unpaired) electrons. The number of thiophene rings is 1. The first-order valence-corrected chi connectivity index (χ1v) is 13.5. The van der Waals surface area contributed by atoms with E-state index in [1.54, 1.807) is 6.92 Å². The molecule has 0 unspecified atom stereocenters. The van der Waals surface area contributed by atoms with Crippen LogP contribution in [0.3, 0.4) is 0 Å². The van der Waals surface area contributed by atoms with Gasteiger partial charge in [0.1, 0.15) is 21.6 Å². The van der Waals surface area contributed by atoms with Crippen molar-refractivity contribution in [2.75, 3.05) is 53.2 Å². The number of hydrogen-bond acceptors (Lipinski definition) is 11. The molecular weight excluding hydrogens is 504 g/mol. The van der Waals surface area contributed by atoms with Gasteiger partial charge in [-0.2, -0.15) is 4.31 Å². The second-order valence-corrected chi connectivity index (χ2v) is 11.8. The van der Waals surface area contributed by atoms with Gasteiger partial charge in [0.2, 0.25) is 15.9 Å². The van der Waals surface area contributed by atoms with Crippen molar-refractivity contribution in [2.45, 2.75) is 27.8 Å². The molecule has 33 heavy (non-hydrogen) atoms. The molecule has 0 spiro atoms. The Morgan fingerprint density at radius 3 is 2.67 bits per heavy atom. The zero-order valence-electron chi connectivity index (χ0n) is 18.0. The van der Waals surface area contributed by atoms with Crippen LogP contribution in [-0.4, -0.2) is 90.2 Å². The highest BCUT2D eigenvalue weighted by Crippen LogP contribution is 2.42. The third-order valence-corrected chi connectivity index (χ3v) is 9.70. The highest BCUT2D eigenvalue weighted by atomic mass is 32.3. The molecule has 188 valence electrons. The summed E-state index contributed by atoms with van der Waals surface area (Å²) in [5.41, 5.74) is 0.166. The van der Waals surface area contributed by atoms with E-state index in [0.717, 1.165) is 0 Å². The summed E-state index contributed by atoms with van der Waals surface area (Å²) in [7, 11) is -6.70. The van der Waals surface area contributed by atoms with E-state index in [1.165, 1.54) is 22.4 Å². The lowest BCUT2D eigenvalue weighted by Gasteiger charge is -2.38. The fourth-order valence-electron chi connectivity index (χ4n) is 3.29. The Morgan fingerprint density at radius 1 is 1.39 bits per heavy atom. The van der Waals surface area contributed by atoms with Crippen LogP contribution in [0, 0.1) is 10.1 Å². The van der Waals surface area contributed by atoms with Crippen molar-refractivity contribution in [3.05, 3.63) is 21.7 Å². The molecule has 1 aliphatic rings. The summed E-state index contributed by atoms with van der Waals surface area (Å²) in [4.78, 5) is 28.5. The summed E-state index contributed by atoms with van der Waals surface area (Å²) in [6.45, 7) is 1.19. The molecule has 1 aromatic rings. The number of fused-ring (bicyclic) bond motifs is 1. The van der Waals surface area contributed by atoms with Gasteiger partial charge in [0, 0.05) is 38.9 Å². The summed E-state index contributed by atoms with van der Waals surface area (Å²) < 4.78 is 60.8. The summed E-state index contributed by atoms with van der Waals surface area (Å²) in [6.07, 6.45) is 0.394. The van der Waals surface area contributed by atoms with Gasteiger partial charge in [-0.25, -0.2) is 22.0 Å². The molecule has 2 rings (SSSR count). The minimum Gasteiger partial charge on any atom is -0.385 e. The van der Waals surface area contributed by atoms with Gasteiger partial charge in [-0.1, -0.05) is 0 Å². The molecule has 14 nitrogen and oxygen atoms in total. The zero-order chi connectivity index (χ0) is 24.8. The normalized spacial score (nSPS) is 18.0. The van der Waals surface area contributed by atoms with Crippen LogP contribution in [0.2, 0.25) is 0 Å². The quantitative estimate of drug-likeness (QED) is 0.199. The van der Waals surface area contributed by atoms with Crippen molar-refractivity contribution in [3.8, 4) is 0 Å². The number of carbonyl (C=O) groups excluding carboxylic acids is 1. The van der Waals surface area contributed by atoms with Gasteiger partial charge in [0.05, 0.1) is 12.6 Å². The topological polar surface area (TPSA) is 189 Å². The van der Waals surface area contributed by atoms with Gasteiger partial charge < -0.3 is 19.2 Å². The second kappa shape index (κ2) is 11.5. The predicted octanol–water partition coefficient (Wildman–Crippen LogP) is -0.449. The number of hydrogen-bond donors (Lipinski definition) is 1. The number of rotatable bonds is 13. The Labute approximate surface area is 195 Å². The summed E-state index contributed by atoms with van der Waals surface area (Å²) in [5, 5.41) is 14.4. The maximum atomic E-state index is 13.1. The number of nitrogens with zero attached hydrogens (tertiary/aromatic N) is 3. The maximum Gasteiger partial charge on any atom is 0.294 e. The molecule has 0 fully saturated rings. The first-order valence-electron chi connectivity index (χ1n) is 9.73. The Bertz CT molecular complexity index is 1060. The van der Waals surface area contributed by atoms with E-state index >= 15 is 0 Å². The molecule has 2 N–H and O–H groups in total. The average Bonchev–Trinajstić information content (AvgIpc) is 3.18. The second-order valence-electron chi connectivity index (χ2n) is 6.87. The first kappa shape index (κ1) is 27.4. The van der Waals surface area contributed by atoms with Crippen molar-refractivity contribution in [3.63, 3.8) is 0 Å². The van der Waals surface area contributed by atoms with Gasteiger partial charge >= 0.3 is 0 Å². The number of amides is 1. The number of methoxy groups -OCH3 is 1. The van der Waals surface area contributed by atoms with Crippen LogP contribution in [-0.2, 0) is 39.2 Å². The average molecular weight is 531 g/mol. The number of nitrogens with two attached hydrogens (primary N) is 1. The fourth-order valence-corrected chi connectivity index (χ4v) is 7.58. The Hall–Kier alpha value is -1.89. The maximum absolute atomic E-state index is 13.1. The van der Waals surface area contributed by atoms with E-state index < -0.39 is 43.7 Å². The molecule has 0 saturated heterocycles. The van der Waals surface area contributed by atoms with Crippen molar-refractivity contribution in [1.29, 1.82) is 0 Å². The van der Waals surface area contributed by atoms with Crippen LogP contribution in [0.5, 0.6) is 0 Å². The van der Waals surface area contributed by atoms with E-state index in [-0.39, 0.29) is 46.8 Å². The lowest BCUT2D eigenvalue weighted by Crippen LogP contribution is -2.48. The minimum absolute atomic E-state index is 0.0934. The standard InChI is InChI=1S/C16H26N4O10S3/c1-3-19(14(21)11-29-7-8-30-20(22)23)13-10-18(5-4-6-28-2)33(26,27)16-12(13)9-15(31-16)32(17,24)25/h9,13H,3-8,10-11H2,1-2H3,(H2,17,24,25)/t13-/m0/s1. The summed E-state index contributed by atoms with van der Waals surface area (Å²) in [5.74, 6) is -0.506. The molecular formula is C16H26N4O10S3. The molecule has 1 atom stereocenters. The molecule has 0 saturated carbocycles. The number of carbonyl (C=O) groups is 1. The molecule has 17 heteroatoms. The van der Waals surface area contributed by atoms with E-state index in [1.807, 2.05) is 0 Å². The lowest BCUT2D eigenvalue weighted by atomic mass is 10.1. The highest BCUT2D eigenvalue weighted by molar-refractivity contribution is 7.94. The van der Waals surface area contributed by atoms with Crippen molar-refractivity contribution >= 4 is 37.3 Å². The van der Waals surface area contributed by atoms with Crippen molar-refractivity contribution < 1.29 is 41.0 Å². The summed E-state index contributed by atoms with van der Waals surface area (Å²) in [6, 6.07) is 0.403. The molecule has 1 aromatic heterocycles. The van der Waals surface area contributed by atoms with Gasteiger partial charge in [-0.15, -0.1) is 21.5 Å². The van der Waals surface area contributed by atoms with E-state index in [9.17, 15) is 31.7 Å². The molecule has 0 aromatic carbocycles. The van der Waals surface area contributed by atoms with Crippen LogP contribution >= 0.6 is 11.3 Å². The SMILES string of the molecule is CCN(C(=O)COCCO[N+](=O)[O-])[C@H]1CN(CCCOC)S(=O)(=O)c2sc(S(N)(=O)=O)cc21. The largest absolute Gasteiger partial charge is 0.385 e. The van der Waals surface area contributed by atoms with E-state index in [0.29, 0.717) is 24.4 Å². The highest BCUT2D eigenvalue weighted by Gasteiger charge is 2.42. The van der Waals surface area contributed by atoms with Crippen molar-refractivity contribution in [2.24, 2.45) is 5.14 Å². The number of ether oxygens (including phenoxy) is 2.